The maximum Gasteiger partial charge on any atom is 0.143 e. The Bertz CT molecular complexity index is 2150. The molecule has 0 unspecified atom stereocenters. The highest BCUT2D eigenvalue weighted by Gasteiger charge is 2.20. The summed E-state index contributed by atoms with van der Waals surface area (Å²) >= 11 is 0. The zero-order valence-electron chi connectivity index (χ0n) is 21.0. The van der Waals surface area contributed by atoms with E-state index < -0.39 is 0 Å². The zero-order valence-corrected chi connectivity index (χ0v) is 20.0. The van der Waals surface area contributed by atoms with Gasteiger partial charge >= 0.3 is 0 Å². The second kappa shape index (κ2) is 7.81. The molecule has 0 bridgehead atoms. The van der Waals surface area contributed by atoms with E-state index >= 15 is 0 Å². The minimum atomic E-state index is 0.515. The summed E-state index contributed by atoms with van der Waals surface area (Å²) in [5, 5.41) is 9.34. The van der Waals surface area contributed by atoms with E-state index in [1.165, 1.54) is 43.6 Å². The van der Waals surface area contributed by atoms with Gasteiger partial charge in [0.05, 0.1) is 1.37 Å². The third-order valence-electron chi connectivity index (χ3n) is 7.58. The molecule has 0 spiro atoms. The smallest absolute Gasteiger partial charge is 0.143 e. The highest BCUT2D eigenvalue weighted by atomic mass is 16.3. The lowest BCUT2D eigenvalue weighted by Crippen LogP contribution is -1.91. The van der Waals surface area contributed by atoms with Gasteiger partial charge in [0.2, 0.25) is 0 Å². The van der Waals surface area contributed by atoms with Crippen LogP contribution in [0.2, 0.25) is 0 Å². The summed E-state index contributed by atoms with van der Waals surface area (Å²) in [5.74, 6) is 0. The molecule has 0 aliphatic carbocycles. The Labute approximate surface area is 215 Å². The van der Waals surface area contributed by atoms with Gasteiger partial charge in [-0.2, -0.15) is 0 Å². The van der Waals surface area contributed by atoms with Crippen molar-refractivity contribution < 1.29 is 5.79 Å². The van der Waals surface area contributed by atoms with Crippen LogP contribution < -0.4 is 0 Å². The average Bonchev–Trinajstić information content (AvgIpc) is 3.35. The van der Waals surface area contributed by atoms with Gasteiger partial charge in [-0.05, 0) is 61.3 Å². The number of benzene rings is 7. The van der Waals surface area contributed by atoms with Crippen LogP contribution in [0.15, 0.2) is 138 Å². The minimum absolute atomic E-state index is 0.515. The largest absolute Gasteiger partial charge is 0.455 e. The molecule has 0 radical (unpaired) electrons. The van der Waals surface area contributed by atoms with Crippen molar-refractivity contribution >= 4 is 54.3 Å². The molecule has 0 amide bonds. The van der Waals surface area contributed by atoms with Crippen LogP contribution in [0.5, 0.6) is 0 Å². The monoisotopic (exact) mass is 471 g/mol. The first-order valence-corrected chi connectivity index (χ1v) is 12.6. The van der Waals surface area contributed by atoms with Gasteiger partial charge < -0.3 is 4.42 Å². The number of furan rings is 1. The Morgan fingerprint density at radius 2 is 1.11 bits per heavy atom. The summed E-state index contributed by atoms with van der Waals surface area (Å²) < 4.78 is 14.8. The SMILES string of the molecule is [2H]c1cccc(-c2c3ccccc3c(-c3cccc4oc5c6ccccc6ccc5c34)c3ccccc23)c1. The molecule has 0 aliphatic heterocycles. The van der Waals surface area contributed by atoms with Gasteiger partial charge in [0.15, 0.2) is 0 Å². The number of hydrogen-bond acceptors (Lipinski definition) is 1. The summed E-state index contributed by atoms with van der Waals surface area (Å²) in [4.78, 5) is 0. The molecule has 1 nitrogen and oxygen atoms in total. The predicted molar refractivity (Wildman–Crippen MR) is 157 cm³/mol. The lowest BCUT2D eigenvalue weighted by molar-refractivity contribution is 0.673. The molecule has 172 valence electrons. The first kappa shape index (κ1) is 19.3. The van der Waals surface area contributed by atoms with Crippen molar-refractivity contribution in [2.45, 2.75) is 0 Å². The zero-order chi connectivity index (χ0) is 25.2. The van der Waals surface area contributed by atoms with E-state index in [2.05, 4.69) is 109 Å². The molecule has 0 aliphatic rings. The maximum atomic E-state index is 8.27. The molecule has 0 atom stereocenters. The van der Waals surface area contributed by atoms with Gasteiger partial charge in [0, 0.05) is 16.2 Å². The van der Waals surface area contributed by atoms with E-state index in [4.69, 9.17) is 5.79 Å². The summed E-state index contributed by atoms with van der Waals surface area (Å²) in [6.45, 7) is 0. The first-order valence-electron chi connectivity index (χ1n) is 13.1. The van der Waals surface area contributed by atoms with Gasteiger partial charge in [-0.15, -0.1) is 0 Å². The van der Waals surface area contributed by atoms with Crippen LogP contribution in [0.1, 0.15) is 1.37 Å². The van der Waals surface area contributed by atoms with E-state index in [1.54, 1.807) is 0 Å². The molecule has 37 heavy (non-hydrogen) atoms. The lowest BCUT2D eigenvalue weighted by atomic mass is 9.85. The van der Waals surface area contributed by atoms with Crippen molar-refractivity contribution in [2.75, 3.05) is 0 Å². The summed E-state index contributed by atoms with van der Waals surface area (Å²) in [6, 6.07) is 44.9. The van der Waals surface area contributed by atoms with E-state index in [0.29, 0.717) is 6.04 Å². The molecular weight excluding hydrogens is 448 g/mol. The Kier molecular flexibility index (Phi) is 4.08. The van der Waals surface area contributed by atoms with Gasteiger partial charge in [0.1, 0.15) is 11.2 Å². The summed E-state index contributed by atoms with van der Waals surface area (Å²) in [5.41, 5.74) is 6.45. The van der Waals surface area contributed by atoms with Crippen LogP contribution in [-0.4, -0.2) is 0 Å². The minimum Gasteiger partial charge on any atom is -0.455 e. The molecule has 7 aromatic carbocycles. The predicted octanol–water partition coefficient (Wildman–Crippen LogP) is 10.4. The van der Waals surface area contributed by atoms with Crippen molar-refractivity contribution in [1.82, 2.24) is 0 Å². The Morgan fingerprint density at radius 1 is 0.459 bits per heavy atom. The Hall–Kier alpha value is -4.88. The van der Waals surface area contributed by atoms with Gasteiger partial charge in [-0.1, -0.05) is 121 Å². The van der Waals surface area contributed by atoms with Crippen molar-refractivity contribution in [3.63, 3.8) is 0 Å². The van der Waals surface area contributed by atoms with Crippen LogP contribution in [0, 0.1) is 0 Å². The Balaban J connectivity index is 1.56. The van der Waals surface area contributed by atoms with Gasteiger partial charge in [-0.3, -0.25) is 0 Å². The molecule has 0 saturated heterocycles. The van der Waals surface area contributed by atoms with Crippen LogP contribution in [0.4, 0.5) is 0 Å². The van der Waals surface area contributed by atoms with E-state index in [9.17, 15) is 0 Å². The molecule has 8 aromatic rings. The van der Waals surface area contributed by atoms with E-state index in [1.807, 2.05) is 18.2 Å². The molecule has 8 rings (SSSR count). The highest BCUT2D eigenvalue weighted by Crippen LogP contribution is 2.47. The first-order chi connectivity index (χ1) is 18.8. The molecule has 0 N–H and O–H groups in total. The van der Waals surface area contributed by atoms with Crippen molar-refractivity contribution in [3.05, 3.63) is 133 Å². The van der Waals surface area contributed by atoms with Crippen LogP contribution in [0.25, 0.3) is 76.5 Å². The van der Waals surface area contributed by atoms with Crippen molar-refractivity contribution in [2.24, 2.45) is 0 Å². The Morgan fingerprint density at radius 3 is 1.84 bits per heavy atom. The fraction of sp³-hybridized carbons (Fsp3) is 0. The van der Waals surface area contributed by atoms with Crippen LogP contribution in [0.3, 0.4) is 0 Å². The normalized spacial score (nSPS) is 12.2. The van der Waals surface area contributed by atoms with E-state index in [0.717, 1.165) is 32.9 Å². The summed E-state index contributed by atoms with van der Waals surface area (Å²) in [7, 11) is 0. The molecule has 0 fully saturated rings. The molecule has 1 aromatic heterocycles. The van der Waals surface area contributed by atoms with Gasteiger partial charge in [-0.25, -0.2) is 0 Å². The fourth-order valence-electron chi connectivity index (χ4n) is 6.04. The number of rotatable bonds is 2. The van der Waals surface area contributed by atoms with Crippen molar-refractivity contribution in [3.8, 4) is 22.3 Å². The number of hydrogen-bond donors (Lipinski definition) is 0. The lowest BCUT2D eigenvalue weighted by Gasteiger charge is -2.18. The number of fused-ring (bicyclic) bond motifs is 7. The second-order valence-corrected chi connectivity index (χ2v) is 9.58. The second-order valence-electron chi connectivity index (χ2n) is 9.58. The third-order valence-corrected chi connectivity index (χ3v) is 7.58. The summed E-state index contributed by atoms with van der Waals surface area (Å²) in [6.07, 6.45) is 0. The average molecular weight is 472 g/mol. The van der Waals surface area contributed by atoms with E-state index in [-0.39, 0.29) is 0 Å². The molecule has 1 heteroatoms. The molecule has 1 heterocycles. The topological polar surface area (TPSA) is 13.1 Å². The molecule has 0 saturated carbocycles. The van der Waals surface area contributed by atoms with Crippen molar-refractivity contribution in [1.29, 1.82) is 0 Å². The quantitative estimate of drug-likeness (QED) is 0.229. The third kappa shape index (κ3) is 2.92. The highest BCUT2D eigenvalue weighted by molar-refractivity contribution is 6.26. The van der Waals surface area contributed by atoms with Crippen LogP contribution >= 0.6 is 0 Å². The maximum absolute atomic E-state index is 8.27. The van der Waals surface area contributed by atoms with Gasteiger partial charge in [0.25, 0.3) is 0 Å². The fourth-order valence-corrected chi connectivity index (χ4v) is 6.04. The van der Waals surface area contributed by atoms with Crippen LogP contribution in [-0.2, 0) is 0 Å². The molecular formula is C36H22O. The standard InChI is InChI=1S/C36H22O/c1-2-12-24(13-3-1)33-26-15-6-8-17-28(26)34(29-18-9-7-16-27(29)33)30-19-10-20-32-35(30)31-22-21-23-11-4-5-14-25(23)36(31)37-32/h1-22H/i2D.